The predicted molar refractivity (Wildman–Crippen MR) is 126 cm³/mol. The first kappa shape index (κ1) is 25.9. The Bertz CT molecular complexity index is 1080. The van der Waals surface area contributed by atoms with Gasteiger partial charge in [-0.2, -0.15) is 0 Å². The van der Waals surface area contributed by atoms with Crippen molar-refractivity contribution in [3.63, 3.8) is 0 Å². The minimum absolute atomic E-state index is 0.229. The number of urea groups is 1. The molecule has 8 nitrogen and oxygen atoms in total. The minimum Gasteiger partial charge on any atom is -0.348 e. The lowest BCUT2D eigenvalue weighted by Crippen LogP contribution is -2.55. The molecule has 2 N–H and O–H groups in total. The van der Waals surface area contributed by atoms with E-state index in [2.05, 4.69) is 10.6 Å². The minimum atomic E-state index is -3.34. The van der Waals surface area contributed by atoms with Crippen LogP contribution in [0, 0.1) is 6.92 Å². The highest BCUT2D eigenvalue weighted by atomic mass is 35.5. The van der Waals surface area contributed by atoms with Crippen molar-refractivity contribution in [2.24, 2.45) is 0 Å². The Kier molecular flexibility index (Phi) is 8.14. The zero-order chi connectivity index (χ0) is 24.3. The number of nitrogens with zero attached hydrogens (tertiary/aromatic N) is 1. The van der Waals surface area contributed by atoms with Gasteiger partial charge in [-0.3, -0.25) is 14.5 Å². The van der Waals surface area contributed by atoms with E-state index in [0.29, 0.717) is 11.3 Å². The van der Waals surface area contributed by atoms with Crippen molar-refractivity contribution >= 4 is 56.4 Å². The lowest BCUT2D eigenvalue weighted by atomic mass is 10.1. The Hall–Kier alpha value is -2.36. The molecule has 0 radical (unpaired) electrons. The van der Waals surface area contributed by atoms with Crippen LogP contribution in [0.25, 0.3) is 0 Å². The fraction of sp³-hybridized carbons (Fsp3) is 0.381. The number of halogens is 2. The quantitative estimate of drug-likeness (QED) is 0.439. The molecule has 0 bridgehead atoms. The van der Waals surface area contributed by atoms with Crippen LogP contribution in [0.4, 0.5) is 10.5 Å². The van der Waals surface area contributed by atoms with E-state index in [0.717, 1.165) is 6.26 Å². The zero-order valence-corrected chi connectivity index (χ0v) is 20.4. The van der Waals surface area contributed by atoms with E-state index in [9.17, 15) is 22.8 Å². The number of aryl methyl sites for hydroxylation is 1. The zero-order valence-electron chi connectivity index (χ0n) is 18.1. The molecule has 32 heavy (non-hydrogen) atoms. The number of Topliss-reactive ketones (excluding diaryl/α,β-unsaturated/α-hetero) is 1. The van der Waals surface area contributed by atoms with Crippen molar-refractivity contribution in [2.45, 2.75) is 37.2 Å². The molecule has 0 saturated heterocycles. The van der Waals surface area contributed by atoms with Gasteiger partial charge in [0, 0.05) is 29.2 Å². The summed E-state index contributed by atoms with van der Waals surface area (Å²) >= 11 is 11.3. The number of allylic oxidation sites excluding steroid dienone is 2. The van der Waals surface area contributed by atoms with E-state index >= 15 is 0 Å². The largest absolute Gasteiger partial charge is 0.348 e. The van der Waals surface area contributed by atoms with Gasteiger partial charge >= 0.3 is 6.03 Å². The fourth-order valence-electron chi connectivity index (χ4n) is 3.22. The van der Waals surface area contributed by atoms with E-state index in [1.165, 1.54) is 23.2 Å². The summed E-state index contributed by atoms with van der Waals surface area (Å²) in [6.45, 7) is 4.92. The van der Waals surface area contributed by atoms with Crippen molar-refractivity contribution in [3.8, 4) is 0 Å². The molecule has 1 heterocycles. The first-order valence-corrected chi connectivity index (χ1v) is 12.5. The van der Waals surface area contributed by atoms with Crippen molar-refractivity contribution in [2.75, 3.05) is 17.3 Å². The van der Waals surface area contributed by atoms with Crippen molar-refractivity contribution in [1.29, 1.82) is 0 Å². The number of sulfone groups is 1. The van der Waals surface area contributed by atoms with E-state index in [1.54, 1.807) is 45.1 Å². The number of ketones is 1. The summed E-state index contributed by atoms with van der Waals surface area (Å²) in [7, 11) is -3.34. The SMILES string of the molecule is Cc1ccc(C(=O)C(Cl)Cl)cc1NC(=O)N1C=CC=CC1C(=O)NC(C)(C)CS(C)(=O)=O. The van der Waals surface area contributed by atoms with E-state index < -0.39 is 44.0 Å². The number of carbonyl (C=O) groups excluding carboxylic acids is 3. The molecule has 174 valence electrons. The Labute approximate surface area is 197 Å². The molecule has 11 heteroatoms. The van der Waals surface area contributed by atoms with Crippen molar-refractivity contribution in [1.82, 2.24) is 10.2 Å². The van der Waals surface area contributed by atoms with Gasteiger partial charge in [-0.05, 0) is 38.5 Å². The summed E-state index contributed by atoms with van der Waals surface area (Å²) in [6, 6.07) is 3.03. The van der Waals surface area contributed by atoms with Crippen molar-refractivity contribution < 1.29 is 22.8 Å². The molecule has 0 aliphatic carbocycles. The van der Waals surface area contributed by atoms with Gasteiger partial charge in [0.25, 0.3) is 0 Å². The van der Waals surface area contributed by atoms with E-state index in [4.69, 9.17) is 23.2 Å². The molecule has 2 rings (SSSR count). The molecule has 0 saturated carbocycles. The third kappa shape index (κ3) is 7.08. The van der Waals surface area contributed by atoms with Crippen LogP contribution in [0.2, 0.25) is 0 Å². The summed E-state index contributed by atoms with van der Waals surface area (Å²) in [5, 5.41) is 5.37. The van der Waals surface area contributed by atoms with Gasteiger partial charge in [0.2, 0.25) is 5.91 Å². The second-order valence-electron chi connectivity index (χ2n) is 8.15. The Morgan fingerprint density at radius 3 is 2.44 bits per heavy atom. The summed E-state index contributed by atoms with van der Waals surface area (Å²) in [6.07, 6.45) is 7.24. The van der Waals surface area contributed by atoms with Crippen LogP contribution in [-0.2, 0) is 14.6 Å². The number of benzene rings is 1. The summed E-state index contributed by atoms with van der Waals surface area (Å²) < 4.78 is 23.3. The third-order valence-corrected chi connectivity index (χ3v) is 6.14. The lowest BCUT2D eigenvalue weighted by molar-refractivity contribution is -0.124. The molecule has 0 spiro atoms. The molecule has 1 aliphatic heterocycles. The van der Waals surface area contributed by atoms with Crippen LogP contribution in [0.15, 0.2) is 42.6 Å². The predicted octanol–water partition coefficient (Wildman–Crippen LogP) is 3.21. The lowest BCUT2D eigenvalue weighted by Gasteiger charge is -2.32. The molecule has 3 amide bonds. The van der Waals surface area contributed by atoms with Crippen LogP contribution in [0.1, 0.15) is 29.8 Å². The molecule has 0 fully saturated rings. The van der Waals surface area contributed by atoms with Gasteiger partial charge in [-0.15, -0.1) is 0 Å². The molecular weight excluding hydrogens is 477 g/mol. The highest BCUT2D eigenvalue weighted by molar-refractivity contribution is 7.90. The van der Waals surface area contributed by atoms with Gasteiger partial charge in [0.15, 0.2) is 10.6 Å². The second-order valence-corrected chi connectivity index (χ2v) is 11.4. The van der Waals surface area contributed by atoms with Gasteiger partial charge < -0.3 is 10.6 Å². The second kappa shape index (κ2) is 10.1. The molecule has 1 aromatic rings. The van der Waals surface area contributed by atoms with Crippen molar-refractivity contribution in [3.05, 3.63) is 53.8 Å². The Morgan fingerprint density at radius 1 is 1.19 bits per heavy atom. The smallest absolute Gasteiger partial charge is 0.326 e. The van der Waals surface area contributed by atoms with Gasteiger partial charge in [-0.25, -0.2) is 13.2 Å². The maximum absolute atomic E-state index is 13.0. The van der Waals surface area contributed by atoms with Gasteiger partial charge in [-0.1, -0.05) is 47.5 Å². The van der Waals surface area contributed by atoms with Crippen LogP contribution in [-0.4, -0.2) is 59.5 Å². The Balaban J connectivity index is 2.21. The van der Waals surface area contributed by atoms with Gasteiger partial charge in [0.05, 0.1) is 5.75 Å². The highest BCUT2D eigenvalue weighted by Crippen LogP contribution is 2.22. The molecule has 0 aromatic heterocycles. The van der Waals surface area contributed by atoms with E-state index in [1.807, 2.05) is 0 Å². The maximum Gasteiger partial charge on any atom is 0.326 e. The van der Waals surface area contributed by atoms with Crippen LogP contribution >= 0.6 is 23.2 Å². The van der Waals surface area contributed by atoms with Gasteiger partial charge in [0.1, 0.15) is 15.9 Å². The first-order chi connectivity index (χ1) is 14.7. The molecule has 1 aromatic carbocycles. The standard InChI is InChI=1S/C21H25Cl2N3O5S/c1-13-8-9-14(17(27)18(22)23)11-15(13)24-20(29)26-10-6-5-7-16(26)19(28)25-21(2,3)12-32(4,30)31/h5-11,16,18H,12H2,1-4H3,(H,24,29)(H,25,28). The van der Waals surface area contributed by atoms with Crippen LogP contribution < -0.4 is 10.6 Å². The topological polar surface area (TPSA) is 113 Å². The number of alkyl halides is 2. The number of carbonyl (C=O) groups is 3. The third-order valence-electron chi connectivity index (χ3n) is 4.50. The maximum atomic E-state index is 13.0. The summed E-state index contributed by atoms with van der Waals surface area (Å²) in [5.41, 5.74) is 0.232. The molecule has 1 aliphatic rings. The average Bonchev–Trinajstić information content (AvgIpc) is 2.66. The number of nitrogens with one attached hydrogen (secondary N) is 2. The summed E-state index contributed by atoms with van der Waals surface area (Å²) in [5.74, 6) is -1.30. The number of amides is 3. The average molecular weight is 502 g/mol. The summed E-state index contributed by atoms with van der Waals surface area (Å²) in [4.78, 5) is 37.8. The number of hydrogen-bond donors (Lipinski definition) is 2. The first-order valence-electron chi connectivity index (χ1n) is 9.57. The highest BCUT2D eigenvalue weighted by Gasteiger charge is 2.33. The fourth-order valence-corrected chi connectivity index (χ4v) is 4.85. The number of anilines is 1. The van der Waals surface area contributed by atoms with Crippen LogP contribution in [0.5, 0.6) is 0 Å². The van der Waals surface area contributed by atoms with E-state index in [-0.39, 0.29) is 11.3 Å². The molecule has 1 unspecified atom stereocenters. The molecule has 1 atom stereocenters. The number of hydrogen-bond acceptors (Lipinski definition) is 5. The molecular formula is C21H25Cl2N3O5S. The number of rotatable bonds is 7. The van der Waals surface area contributed by atoms with Crippen LogP contribution in [0.3, 0.4) is 0 Å². The Morgan fingerprint density at radius 2 is 1.84 bits per heavy atom. The monoisotopic (exact) mass is 501 g/mol. The normalized spacial score (nSPS) is 16.2.